The van der Waals surface area contributed by atoms with Crippen molar-refractivity contribution < 1.29 is 27.9 Å². The zero-order valence-electron chi connectivity index (χ0n) is 14.3. The number of methoxy groups -OCH3 is 1. The van der Waals surface area contributed by atoms with Gasteiger partial charge in [0.2, 0.25) is 0 Å². The summed E-state index contributed by atoms with van der Waals surface area (Å²) >= 11 is 5.87. The third kappa shape index (κ3) is 7.10. The van der Waals surface area contributed by atoms with Crippen LogP contribution in [0, 0.1) is 0 Å². The number of hydrogen-bond donors (Lipinski definition) is 1. The average molecular weight is 399 g/mol. The highest BCUT2D eigenvalue weighted by atomic mass is 35.5. The van der Waals surface area contributed by atoms with E-state index in [2.05, 4.69) is 15.2 Å². The van der Waals surface area contributed by atoms with Crippen molar-refractivity contribution in [2.24, 2.45) is 5.16 Å². The van der Waals surface area contributed by atoms with E-state index in [1.165, 1.54) is 31.5 Å². The van der Waals surface area contributed by atoms with Crippen molar-refractivity contribution in [3.63, 3.8) is 0 Å². The fourth-order valence-electron chi connectivity index (χ4n) is 2.05. The molecule has 0 unspecified atom stereocenters. The van der Waals surface area contributed by atoms with Gasteiger partial charge in [0.1, 0.15) is 0 Å². The van der Waals surface area contributed by atoms with Crippen LogP contribution in [0.15, 0.2) is 47.6 Å². The highest BCUT2D eigenvalue weighted by Crippen LogP contribution is 2.28. The molecule has 6 nitrogen and oxygen atoms in total. The summed E-state index contributed by atoms with van der Waals surface area (Å²) in [6, 6.07) is 11.4. The number of carbonyl (C=O) groups excluding carboxylic acids is 1. The van der Waals surface area contributed by atoms with Crippen LogP contribution < -0.4 is 14.8 Å². The van der Waals surface area contributed by atoms with Crippen molar-refractivity contribution in [2.45, 2.75) is 13.2 Å². The van der Waals surface area contributed by atoms with Crippen LogP contribution in [0.2, 0.25) is 5.02 Å². The lowest BCUT2D eigenvalue weighted by Crippen LogP contribution is -2.26. The van der Waals surface area contributed by atoms with Crippen molar-refractivity contribution in [1.82, 2.24) is 5.32 Å². The molecule has 0 aliphatic rings. The van der Waals surface area contributed by atoms with Gasteiger partial charge in [-0.1, -0.05) is 28.9 Å². The second kappa shape index (κ2) is 10.3. The third-order valence-corrected chi connectivity index (χ3v) is 3.49. The van der Waals surface area contributed by atoms with Crippen molar-refractivity contribution in [1.29, 1.82) is 0 Å². The number of hydrogen-bond acceptors (Lipinski definition) is 5. The second-order valence-corrected chi connectivity index (χ2v) is 5.64. The average Bonchev–Trinajstić information content (AvgIpc) is 2.64. The van der Waals surface area contributed by atoms with Gasteiger partial charge in [-0.3, -0.25) is 4.79 Å². The molecule has 0 bridgehead atoms. The van der Waals surface area contributed by atoms with Crippen molar-refractivity contribution >= 4 is 23.7 Å². The summed E-state index contributed by atoms with van der Waals surface area (Å²) < 4.78 is 33.9. The molecule has 0 aromatic heterocycles. The van der Waals surface area contributed by atoms with Gasteiger partial charge in [0.25, 0.3) is 5.91 Å². The number of halogens is 3. The molecule has 0 spiro atoms. The fourth-order valence-corrected chi connectivity index (χ4v) is 2.26. The Balaban J connectivity index is 1.80. The maximum absolute atomic E-state index is 12.3. The van der Waals surface area contributed by atoms with Gasteiger partial charge in [-0.25, -0.2) is 0 Å². The predicted molar refractivity (Wildman–Crippen MR) is 96.5 cm³/mol. The van der Waals surface area contributed by atoms with E-state index in [9.17, 15) is 13.6 Å². The topological polar surface area (TPSA) is 69.2 Å². The molecule has 144 valence electrons. The molecule has 0 aliphatic heterocycles. The van der Waals surface area contributed by atoms with E-state index in [0.717, 1.165) is 5.56 Å². The molecule has 9 heteroatoms. The summed E-state index contributed by atoms with van der Waals surface area (Å²) in [7, 11) is 1.33. The Morgan fingerprint density at radius 2 is 2.07 bits per heavy atom. The monoisotopic (exact) mass is 398 g/mol. The van der Waals surface area contributed by atoms with Crippen LogP contribution in [0.1, 0.15) is 11.1 Å². The molecule has 0 atom stereocenters. The summed E-state index contributed by atoms with van der Waals surface area (Å²) in [5, 5.41) is 6.92. The van der Waals surface area contributed by atoms with Crippen LogP contribution in [-0.2, 0) is 16.2 Å². The first-order chi connectivity index (χ1) is 13.0. The van der Waals surface area contributed by atoms with Crippen LogP contribution in [0.4, 0.5) is 8.78 Å². The van der Waals surface area contributed by atoms with E-state index < -0.39 is 6.61 Å². The molecule has 1 N–H and O–H groups in total. The van der Waals surface area contributed by atoms with Crippen LogP contribution in [-0.4, -0.2) is 32.4 Å². The fraction of sp³-hybridized carbons (Fsp3) is 0.222. The Labute approximate surface area is 159 Å². The lowest BCUT2D eigenvalue weighted by molar-refractivity contribution is -0.125. The number of nitrogens with zero attached hydrogens (tertiary/aromatic N) is 1. The molecule has 0 saturated carbocycles. The standard InChI is InChI=1S/C18H17ClF2N2O4/c1-25-16-8-13(5-6-15(16)27-18(20)21)10-23-26-11-17(24)22-9-12-3-2-4-14(19)7-12/h2-8,10,18H,9,11H2,1H3,(H,22,24)/b23-10+. The van der Waals surface area contributed by atoms with Gasteiger partial charge in [-0.2, -0.15) is 8.78 Å². The van der Waals surface area contributed by atoms with Gasteiger partial charge in [0, 0.05) is 17.1 Å². The van der Waals surface area contributed by atoms with Gasteiger partial charge in [0.05, 0.1) is 13.3 Å². The molecule has 1 amide bonds. The minimum absolute atomic E-state index is 0.0917. The Kier molecular flexibility index (Phi) is 7.81. The van der Waals surface area contributed by atoms with E-state index in [1.807, 2.05) is 6.07 Å². The van der Waals surface area contributed by atoms with Crippen LogP contribution >= 0.6 is 11.6 Å². The summed E-state index contributed by atoms with van der Waals surface area (Å²) in [5.41, 5.74) is 1.38. The van der Waals surface area contributed by atoms with Gasteiger partial charge < -0.3 is 19.6 Å². The van der Waals surface area contributed by atoms with Gasteiger partial charge in [-0.15, -0.1) is 0 Å². The van der Waals surface area contributed by atoms with Gasteiger partial charge in [0.15, 0.2) is 18.1 Å². The number of ether oxygens (including phenoxy) is 2. The summed E-state index contributed by atoms with van der Waals surface area (Å²) in [6.45, 7) is -2.91. The zero-order chi connectivity index (χ0) is 19.6. The van der Waals surface area contributed by atoms with E-state index in [1.54, 1.807) is 18.2 Å². The maximum atomic E-state index is 12.3. The van der Waals surface area contributed by atoms with Crippen molar-refractivity contribution in [3.8, 4) is 11.5 Å². The summed E-state index contributed by atoms with van der Waals surface area (Å²) in [4.78, 5) is 16.6. The number of benzene rings is 2. The number of rotatable bonds is 9. The molecule has 0 radical (unpaired) electrons. The SMILES string of the molecule is COc1cc(/C=N/OCC(=O)NCc2cccc(Cl)c2)ccc1OC(F)F. The second-order valence-electron chi connectivity index (χ2n) is 5.20. The molecule has 0 heterocycles. The minimum atomic E-state index is -2.95. The van der Waals surface area contributed by atoms with E-state index in [-0.39, 0.29) is 24.0 Å². The Hall–Kier alpha value is -2.87. The molecule has 27 heavy (non-hydrogen) atoms. The third-order valence-electron chi connectivity index (χ3n) is 3.25. The first kappa shape index (κ1) is 20.4. The summed E-state index contributed by atoms with van der Waals surface area (Å²) in [5.74, 6) is -0.324. The number of amides is 1. The first-order valence-corrected chi connectivity index (χ1v) is 8.15. The van der Waals surface area contributed by atoms with Crippen LogP contribution in [0.3, 0.4) is 0 Å². The number of alkyl halides is 2. The molecule has 0 aliphatic carbocycles. The van der Waals surface area contributed by atoms with E-state index in [0.29, 0.717) is 17.1 Å². The highest BCUT2D eigenvalue weighted by Gasteiger charge is 2.10. The van der Waals surface area contributed by atoms with Crippen LogP contribution in [0.5, 0.6) is 11.5 Å². The predicted octanol–water partition coefficient (Wildman–Crippen LogP) is 3.62. The quantitative estimate of drug-likeness (QED) is 0.517. The summed E-state index contributed by atoms with van der Waals surface area (Å²) in [6.07, 6.45) is 1.32. The van der Waals surface area contributed by atoms with Crippen molar-refractivity contribution in [2.75, 3.05) is 13.7 Å². The van der Waals surface area contributed by atoms with Gasteiger partial charge in [-0.05, 0) is 35.9 Å². The number of carbonyl (C=O) groups is 1. The Bertz CT molecular complexity index is 803. The molecule has 2 aromatic carbocycles. The molecule has 0 fully saturated rings. The largest absolute Gasteiger partial charge is 0.493 e. The molecule has 2 aromatic rings. The van der Waals surface area contributed by atoms with E-state index in [4.69, 9.17) is 21.2 Å². The lowest BCUT2D eigenvalue weighted by atomic mass is 10.2. The zero-order valence-corrected chi connectivity index (χ0v) is 15.1. The van der Waals surface area contributed by atoms with E-state index >= 15 is 0 Å². The number of nitrogens with one attached hydrogen (secondary N) is 1. The lowest BCUT2D eigenvalue weighted by Gasteiger charge is -2.09. The van der Waals surface area contributed by atoms with Crippen LogP contribution in [0.25, 0.3) is 0 Å². The molecule has 0 saturated heterocycles. The number of oxime groups is 1. The van der Waals surface area contributed by atoms with Crippen molar-refractivity contribution in [3.05, 3.63) is 58.6 Å². The molecular formula is C18H17ClF2N2O4. The highest BCUT2D eigenvalue weighted by molar-refractivity contribution is 6.30. The molecule has 2 rings (SSSR count). The van der Waals surface area contributed by atoms with Gasteiger partial charge >= 0.3 is 6.61 Å². The Morgan fingerprint density at radius 1 is 1.26 bits per heavy atom. The maximum Gasteiger partial charge on any atom is 0.387 e. The molecular weight excluding hydrogens is 382 g/mol. The Morgan fingerprint density at radius 3 is 2.78 bits per heavy atom. The first-order valence-electron chi connectivity index (χ1n) is 7.77. The minimum Gasteiger partial charge on any atom is -0.493 e. The smallest absolute Gasteiger partial charge is 0.387 e. The normalized spacial score (nSPS) is 10.9.